The molecule has 0 aromatic rings. The quantitative estimate of drug-likeness (QED) is 0.574. The lowest BCUT2D eigenvalue weighted by Crippen LogP contribution is -2.45. The van der Waals surface area contributed by atoms with E-state index in [9.17, 15) is 4.79 Å². The molecule has 3 aliphatic heterocycles. The summed E-state index contributed by atoms with van der Waals surface area (Å²) in [7, 11) is 0. The Bertz CT molecular complexity index is 513. The Morgan fingerprint density at radius 1 is 1.09 bits per heavy atom. The third-order valence-corrected chi connectivity index (χ3v) is 4.02. The molecule has 0 saturated carbocycles. The van der Waals surface area contributed by atoms with Crippen LogP contribution in [0.2, 0.25) is 0 Å². The van der Waals surface area contributed by atoms with E-state index in [1.54, 1.807) is 20.8 Å². The van der Waals surface area contributed by atoms with Crippen molar-refractivity contribution in [3.05, 3.63) is 12.2 Å². The van der Waals surface area contributed by atoms with E-state index in [1.165, 1.54) is 0 Å². The Hall–Kier alpha value is -0.990. The Morgan fingerprint density at radius 3 is 2.35 bits per heavy atom. The van der Waals surface area contributed by atoms with Gasteiger partial charge in [-0.25, -0.2) is 4.79 Å². The molecule has 0 aromatic heterocycles. The molecule has 3 rings (SSSR count). The van der Waals surface area contributed by atoms with E-state index in [1.807, 2.05) is 13.8 Å². The molecule has 3 fully saturated rings. The van der Waals surface area contributed by atoms with Gasteiger partial charge in [-0.1, -0.05) is 6.58 Å². The van der Waals surface area contributed by atoms with Crippen LogP contribution in [0.25, 0.3) is 0 Å². The zero-order valence-electron chi connectivity index (χ0n) is 14.2. The topological polar surface area (TPSA) is 72.5 Å². The SMILES string of the molecule is C=C(C)C(=O)O[C@@H]1[C@H]2OC(C)(C)O[C@H]2O[C@@H]1[C@@H]1COC(C)(C)O1. The maximum Gasteiger partial charge on any atom is 0.333 e. The van der Waals surface area contributed by atoms with E-state index in [-0.39, 0.29) is 6.10 Å². The Kier molecular flexibility index (Phi) is 4.05. The van der Waals surface area contributed by atoms with Crippen LogP contribution in [0, 0.1) is 0 Å². The maximum absolute atomic E-state index is 12.0. The molecular formula is C16H24O7. The van der Waals surface area contributed by atoms with Gasteiger partial charge in [0.1, 0.15) is 12.2 Å². The van der Waals surface area contributed by atoms with Crippen LogP contribution in [0.1, 0.15) is 34.6 Å². The van der Waals surface area contributed by atoms with Gasteiger partial charge >= 0.3 is 5.97 Å². The molecule has 0 radical (unpaired) electrons. The molecule has 3 saturated heterocycles. The van der Waals surface area contributed by atoms with Gasteiger partial charge in [-0.2, -0.15) is 0 Å². The number of hydrogen-bond donors (Lipinski definition) is 0. The summed E-state index contributed by atoms with van der Waals surface area (Å²) < 4.78 is 34.5. The van der Waals surface area contributed by atoms with Crippen molar-refractivity contribution in [1.29, 1.82) is 0 Å². The summed E-state index contributed by atoms with van der Waals surface area (Å²) >= 11 is 0. The van der Waals surface area contributed by atoms with E-state index in [0.717, 1.165) is 0 Å². The highest BCUT2D eigenvalue weighted by atomic mass is 16.8. The molecule has 0 bridgehead atoms. The van der Waals surface area contributed by atoms with E-state index < -0.39 is 42.1 Å². The minimum atomic E-state index is -0.791. The largest absolute Gasteiger partial charge is 0.453 e. The first-order valence-electron chi connectivity index (χ1n) is 7.77. The van der Waals surface area contributed by atoms with Gasteiger partial charge in [-0.3, -0.25) is 0 Å². The predicted octanol–water partition coefficient (Wildman–Crippen LogP) is 1.50. The van der Waals surface area contributed by atoms with Gasteiger partial charge < -0.3 is 28.4 Å². The van der Waals surface area contributed by atoms with Gasteiger partial charge in [0.25, 0.3) is 0 Å². The summed E-state index contributed by atoms with van der Waals surface area (Å²) in [5, 5.41) is 0. The summed E-state index contributed by atoms with van der Waals surface area (Å²) in [4.78, 5) is 12.0. The highest BCUT2D eigenvalue weighted by molar-refractivity contribution is 5.87. The number of hydrogen-bond acceptors (Lipinski definition) is 7. The van der Waals surface area contributed by atoms with Crippen LogP contribution in [0.5, 0.6) is 0 Å². The minimum absolute atomic E-state index is 0.314. The molecule has 0 aliphatic carbocycles. The van der Waals surface area contributed by atoms with Crippen molar-refractivity contribution >= 4 is 5.97 Å². The molecule has 7 heteroatoms. The van der Waals surface area contributed by atoms with Gasteiger partial charge in [0.05, 0.1) is 6.61 Å². The van der Waals surface area contributed by atoms with Gasteiger partial charge in [-0.05, 0) is 34.6 Å². The molecule has 0 amide bonds. The standard InChI is InChI=1S/C16H24O7/c1-8(2)13(17)19-11-10(9-7-18-15(3,4)21-9)20-14-12(11)22-16(5,6)23-14/h9-12,14H,1,7H2,2-6H3/t9-,10+,11-,12+,14+/m0/s1. The molecule has 3 heterocycles. The van der Waals surface area contributed by atoms with Gasteiger partial charge in [0.15, 0.2) is 30.1 Å². The van der Waals surface area contributed by atoms with Crippen molar-refractivity contribution in [2.45, 2.75) is 76.9 Å². The first-order chi connectivity index (χ1) is 10.6. The fourth-order valence-electron chi connectivity index (χ4n) is 3.04. The third kappa shape index (κ3) is 3.29. The average molecular weight is 328 g/mol. The van der Waals surface area contributed by atoms with Gasteiger partial charge in [0, 0.05) is 5.57 Å². The maximum atomic E-state index is 12.0. The zero-order chi connectivity index (χ0) is 17.0. The normalized spacial score (nSPS) is 40.8. The second kappa shape index (κ2) is 5.53. The monoisotopic (exact) mass is 328 g/mol. The van der Waals surface area contributed by atoms with E-state index in [0.29, 0.717) is 12.2 Å². The predicted molar refractivity (Wildman–Crippen MR) is 78.3 cm³/mol. The van der Waals surface area contributed by atoms with Crippen LogP contribution in [-0.4, -0.2) is 54.9 Å². The van der Waals surface area contributed by atoms with Crippen molar-refractivity contribution in [2.24, 2.45) is 0 Å². The van der Waals surface area contributed by atoms with E-state index >= 15 is 0 Å². The third-order valence-electron chi connectivity index (χ3n) is 4.02. The molecule has 0 unspecified atom stereocenters. The first-order valence-corrected chi connectivity index (χ1v) is 7.77. The highest BCUT2D eigenvalue weighted by Crippen LogP contribution is 2.42. The summed E-state index contributed by atoms with van der Waals surface area (Å²) in [6, 6.07) is 0. The van der Waals surface area contributed by atoms with Crippen LogP contribution in [0.3, 0.4) is 0 Å². The minimum Gasteiger partial charge on any atom is -0.453 e. The lowest BCUT2D eigenvalue weighted by molar-refractivity contribution is -0.234. The summed E-state index contributed by atoms with van der Waals surface area (Å²) in [5.74, 6) is -1.98. The van der Waals surface area contributed by atoms with Crippen LogP contribution < -0.4 is 0 Å². The number of esters is 1. The molecule has 0 aromatic carbocycles. The summed E-state index contributed by atoms with van der Waals surface area (Å²) in [6.45, 7) is 12.8. The first kappa shape index (κ1) is 16.9. The molecule has 0 spiro atoms. The lowest BCUT2D eigenvalue weighted by atomic mass is 10.1. The number of carbonyl (C=O) groups is 1. The fraction of sp³-hybridized carbons (Fsp3) is 0.812. The van der Waals surface area contributed by atoms with Crippen molar-refractivity contribution in [1.82, 2.24) is 0 Å². The molecule has 130 valence electrons. The average Bonchev–Trinajstić information content (AvgIpc) is 3.01. The van der Waals surface area contributed by atoms with Gasteiger partial charge in [-0.15, -0.1) is 0 Å². The smallest absolute Gasteiger partial charge is 0.333 e. The Morgan fingerprint density at radius 2 is 1.78 bits per heavy atom. The fourth-order valence-corrected chi connectivity index (χ4v) is 3.04. The van der Waals surface area contributed by atoms with E-state index in [2.05, 4.69) is 6.58 Å². The number of fused-ring (bicyclic) bond motifs is 1. The van der Waals surface area contributed by atoms with Crippen molar-refractivity contribution in [3.63, 3.8) is 0 Å². The second-order valence-electron chi connectivity index (χ2n) is 7.09. The van der Waals surface area contributed by atoms with Crippen LogP contribution in [0.4, 0.5) is 0 Å². The second-order valence-corrected chi connectivity index (χ2v) is 7.09. The molecule has 23 heavy (non-hydrogen) atoms. The number of ether oxygens (including phenoxy) is 6. The van der Waals surface area contributed by atoms with Gasteiger partial charge in [0.2, 0.25) is 0 Å². The summed E-state index contributed by atoms with van der Waals surface area (Å²) in [5.41, 5.74) is 0.314. The molecule has 3 aliphatic rings. The molecule has 0 N–H and O–H groups in total. The highest BCUT2D eigenvalue weighted by Gasteiger charge is 2.60. The van der Waals surface area contributed by atoms with Crippen LogP contribution in [0.15, 0.2) is 12.2 Å². The Balaban J connectivity index is 1.79. The van der Waals surface area contributed by atoms with E-state index in [4.69, 9.17) is 28.4 Å². The Labute approximate surface area is 135 Å². The van der Waals surface area contributed by atoms with Crippen molar-refractivity contribution in [3.8, 4) is 0 Å². The molecule has 7 nitrogen and oxygen atoms in total. The number of carbonyl (C=O) groups excluding carboxylic acids is 1. The zero-order valence-corrected chi connectivity index (χ0v) is 14.2. The molecule has 5 atom stereocenters. The van der Waals surface area contributed by atoms with Crippen LogP contribution in [-0.2, 0) is 33.2 Å². The van der Waals surface area contributed by atoms with Crippen molar-refractivity contribution < 1.29 is 33.2 Å². The van der Waals surface area contributed by atoms with Crippen LogP contribution >= 0.6 is 0 Å². The lowest BCUT2D eigenvalue weighted by Gasteiger charge is -2.28. The van der Waals surface area contributed by atoms with Crippen molar-refractivity contribution in [2.75, 3.05) is 6.61 Å². The summed E-state index contributed by atoms with van der Waals surface area (Å²) in [6.07, 6.45) is -2.65. The number of rotatable bonds is 3. The molecular weight excluding hydrogens is 304 g/mol.